The molecule has 0 heterocycles. The highest BCUT2D eigenvalue weighted by Crippen LogP contribution is 2.28. The molecule has 0 radical (unpaired) electrons. The summed E-state index contributed by atoms with van der Waals surface area (Å²) in [6.45, 7) is 4.11. The maximum Gasteiger partial charge on any atom is 0.156 e. The average molecular weight is 234 g/mol. The summed E-state index contributed by atoms with van der Waals surface area (Å²) in [7, 11) is 0. The molecule has 0 aliphatic heterocycles. The molecule has 0 aromatic heterocycles. The fraction of sp³-hybridized carbons (Fsp3) is 0.357. The van der Waals surface area contributed by atoms with Gasteiger partial charge in [0.2, 0.25) is 0 Å². The van der Waals surface area contributed by atoms with Gasteiger partial charge in [0.25, 0.3) is 0 Å². The van der Waals surface area contributed by atoms with Gasteiger partial charge < -0.3 is 0 Å². The number of thioether (sulfide) groups is 1. The van der Waals surface area contributed by atoms with Gasteiger partial charge in [-0.15, -0.1) is 0 Å². The van der Waals surface area contributed by atoms with Crippen LogP contribution in [-0.2, 0) is 4.79 Å². The summed E-state index contributed by atoms with van der Waals surface area (Å²) in [5.74, 6) is 0.239. The van der Waals surface area contributed by atoms with Gasteiger partial charge >= 0.3 is 0 Å². The van der Waals surface area contributed by atoms with Crippen molar-refractivity contribution in [2.24, 2.45) is 0 Å². The molecule has 0 saturated carbocycles. The Balaban J connectivity index is 2.65. The van der Waals surface area contributed by atoms with Gasteiger partial charge in [0.05, 0.1) is 0 Å². The number of carbonyl (C=O) groups excluding carboxylic acids is 1. The third-order valence-electron chi connectivity index (χ3n) is 2.16. The number of benzene rings is 1. The van der Waals surface area contributed by atoms with Gasteiger partial charge in [0.1, 0.15) is 0 Å². The molecule has 0 amide bonds. The second-order valence-corrected chi connectivity index (χ2v) is 4.80. The Labute approximate surface area is 102 Å². The largest absolute Gasteiger partial charge is 0.295 e. The molecule has 0 aliphatic rings. The first-order chi connectivity index (χ1) is 7.76. The van der Waals surface area contributed by atoms with Crippen molar-refractivity contribution in [1.82, 2.24) is 0 Å². The quantitative estimate of drug-likeness (QED) is 0.534. The standard InChI is InChI=1S/C14H18OS/c1-3-8-12(15)11-13(4-2)16-14-9-6-5-7-10-14/h5-7,9-11H,3-4,8H2,1-2H3/b13-11-. The van der Waals surface area contributed by atoms with E-state index in [1.54, 1.807) is 17.8 Å². The molecule has 16 heavy (non-hydrogen) atoms. The van der Waals surface area contributed by atoms with Gasteiger partial charge in [-0.05, 0) is 36.0 Å². The fourth-order valence-corrected chi connectivity index (χ4v) is 2.27. The van der Waals surface area contributed by atoms with Gasteiger partial charge in [-0.25, -0.2) is 0 Å². The number of carbonyl (C=O) groups is 1. The lowest BCUT2D eigenvalue weighted by Gasteiger charge is -2.03. The van der Waals surface area contributed by atoms with Crippen LogP contribution in [0.3, 0.4) is 0 Å². The van der Waals surface area contributed by atoms with Crippen LogP contribution in [0.2, 0.25) is 0 Å². The monoisotopic (exact) mass is 234 g/mol. The Hall–Kier alpha value is -1.02. The number of hydrogen-bond donors (Lipinski definition) is 0. The maximum absolute atomic E-state index is 11.5. The molecule has 1 nitrogen and oxygen atoms in total. The van der Waals surface area contributed by atoms with Crippen LogP contribution in [0.5, 0.6) is 0 Å². The minimum atomic E-state index is 0.239. The summed E-state index contributed by atoms with van der Waals surface area (Å²) in [6.07, 6.45) is 4.28. The van der Waals surface area contributed by atoms with Crippen molar-refractivity contribution < 1.29 is 4.79 Å². The number of hydrogen-bond acceptors (Lipinski definition) is 2. The van der Waals surface area contributed by atoms with Crippen LogP contribution in [0.1, 0.15) is 33.1 Å². The zero-order valence-corrected chi connectivity index (χ0v) is 10.7. The van der Waals surface area contributed by atoms with Crippen molar-refractivity contribution in [3.05, 3.63) is 41.3 Å². The van der Waals surface area contributed by atoms with Crippen molar-refractivity contribution >= 4 is 17.5 Å². The molecule has 1 rings (SSSR count). The minimum absolute atomic E-state index is 0.239. The summed E-state index contributed by atoms with van der Waals surface area (Å²) in [5.41, 5.74) is 0. The molecular formula is C14H18OS. The predicted molar refractivity (Wildman–Crippen MR) is 70.6 cm³/mol. The minimum Gasteiger partial charge on any atom is -0.295 e. The molecule has 0 unspecified atom stereocenters. The van der Waals surface area contributed by atoms with Gasteiger partial charge in [-0.2, -0.15) is 0 Å². The number of ketones is 1. The molecule has 1 aromatic rings. The fourth-order valence-electron chi connectivity index (χ4n) is 1.34. The molecule has 0 fully saturated rings. The van der Waals surface area contributed by atoms with E-state index in [4.69, 9.17) is 0 Å². The van der Waals surface area contributed by atoms with E-state index >= 15 is 0 Å². The van der Waals surface area contributed by atoms with E-state index in [-0.39, 0.29) is 5.78 Å². The van der Waals surface area contributed by atoms with Gasteiger partial charge in [-0.1, -0.05) is 43.8 Å². The summed E-state index contributed by atoms with van der Waals surface area (Å²) >= 11 is 1.68. The van der Waals surface area contributed by atoms with Crippen molar-refractivity contribution in [2.75, 3.05) is 0 Å². The van der Waals surface area contributed by atoms with Crippen LogP contribution in [-0.4, -0.2) is 5.78 Å². The Kier molecular flexibility index (Phi) is 5.94. The van der Waals surface area contributed by atoms with Crippen molar-refractivity contribution in [3.63, 3.8) is 0 Å². The third-order valence-corrected chi connectivity index (χ3v) is 3.34. The number of allylic oxidation sites excluding steroid dienone is 2. The number of rotatable bonds is 6. The second kappa shape index (κ2) is 7.29. The summed E-state index contributed by atoms with van der Waals surface area (Å²) in [4.78, 5) is 13.9. The van der Waals surface area contributed by atoms with Gasteiger partial charge in [0.15, 0.2) is 5.78 Å². The van der Waals surface area contributed by atoms with Crippen LogP contribution in [0, 0.1) is 0 Å². The third kappa shape index (κ3) is 4.67. The van der Waals surface area contributed by atoms with Crippen LogP contribution >= 0.6 is 11.8 Å². The normalized spacial score (nSPS) is 11.5. The molecule has 0 atom stereocenters. The van der Waals surface area contributed by atoms with Gasteiger partial charge in [0, 0.05) is 11.3 Å². The lowest BCUT2D eigenvalue weighted by atomic mass is 10.2. The molecule has 0 aliphatic carbocycles. The van der Waals surface area contributed by atoms with E-state index in [9.17, 15) is 4.79 Å². The molecule has 86 valence electrons. The second-order valence-electron chi connectivity index (χ2n) is 3.60. The highest BCUT2D eigenvalue weighted by molar-refractivity contribution is 8.03. The van der Waals surface area contributed by atoms with Crippen molar-refractivity contribution in [1.29, 1.82) is 0 Å². The Bertz CT molecular complexity index is 354. The Morgan fingerprint density at radius 1 is 1.25 bits per heavy atom. The maximum atomic E-state index is 11.5. The van der Waals surface area contributed by atoms with Gasteiger partial charge in [-0.3, -0.25) is 4.79 Å². The van der Waals surface area contributed by atoms with E-state index < -0.39 is 0 Å². The molecule has 2 heteroatoms. The zero-order chi connectivity index (χ0) is 11.8. The van der Waals surface area contributed by atoms with Crippen molar-refractivity contribution in [3.8, 4) is 0 Å². The van der Waals surface area contributed by atoms with Crippen molar-refractivity contribution in [2.45, 2.75) is 38.0 Å². The highest BCUT2D eigenvalue weighted by atomic mass is 32.2. The smallest absolute Gasteiger partial charge is 0.156 e. The summed E-state index contributed by atoms with van der Waals surface area (Å²) in [6, 6.07) is 10.2. The first-order valence-electron chi connectivity index (χ1n) is 5.72. The molecule has 0 spiro atoms. The first kappa shape index (κ1) is 13.0. The molecule has 0 N–H and O–H groups in total. The van der Waals surface area contributed by atoms with E-state index in [1.807, 2.05) is 25.1 Å². The predicted octanol–water partition coefficient (Wildman–Crippen LogP) is 4.44. The summed E-state index contributed by atoms with van der Waals surface area (Å²) in [5, 5.41) is 0. The van der Waals surface area contributed by atoms with E-state index in [1.165, 1.54) is 4.90 Å². The lowest BCUT2D eigenvalue weighted by molar-refractivity contribution is -0.114. The molecule has 1 aromatic carbocycles. The Morgan fingerprint density at radius 3 is 2.50 bits per heavy atom. The first-order valence-corrected chi connectivity index (χ1v) is 6.54. The van der Waals surface area contributed by atoms with E-state index in [0.29, 0.717) is 6.42 Å². The molecule has 0 bridgehead atoms. The van der Waals surface area contributed by atoms with Crippen LogP contribution in [0.4, 0.5) is 0 Å². The summed E-state index contributed by atoms with van der Waals surface area (Å²) < 4.78 is 0. The van der Waals surface area contributed by atoms with E-state index in [0.717, 1.165) is 17.7 Å². The lowest BCUT2D eigenvalue weighted by Crippen LogP contribution is -1.92. The highest BCUT2D eigenvalue weighted by Gasteiger charge is 2.02. The van der Waals surface area contributed by atoms with E-state index in [2.05, 4.69) is 19.1 Å². The molecular weight excluding hydrogens is 216 g/mol. The topological polar surface area (TPSA) is 17.1 Å². The van der Waals surface area contributed by atoms with Crippen LogP contribution in [0.15, 0.2) is 46.2 Å². The zero-order valence-electron chi connectivity index (χ0n) is 9.90. The Morgan fingerprint density at radius 2 is 1.94 bits per heavy atom. The van der Waals surface area contributed by atoms with Crippen LogP contribution < -0.4 is 0 Å². The van der Waals surface area contributed by atoms with Crippen LogP contribution in [0.25, 0.3) is 0 Å². The molecule has 0 saturated heterocycles. The SMILES string of the molecule is CCCC(=O)/C=C(/CC)Sc1ccccc1. The average Bonchev–Trinajstić information content (AvgIpc) is 2.30.